The van der Waals surface area contributed by atoms with Crippen molar-refractivity contribution >= 4 is 40.3 Å². The first-order valence-electron chi connectivity index (χ1n) is 8.33. The number of thioether (sulfide) groups is 1. The zero-order valence-electron chi connectivity index (χ0n) is 14.7. The molecule has 0 bridgehead atoms. The molecule has 4 nitrogen and oxygen atoms in total. The Morgan fingerprint density at radius 2 is 1.67 bits per heavy atom. The van der Waals surface area contributed by atoms with Crippen LogP contribution in [0.3, 0.4) is 0 Å². The third-order valence-corrected chi connectivity index (χ3v) is 5.33. The van der Waals surface area contributed by atoms with Gasteiger partial charge in [-0.1, -0.05) is 48.2 Å². The van der Waals surface area contributed by atoms with Crippen molar-refractivity contribution in [1.82, 2.24) is 4.98 Å². The third-order valence-electron chi connectivity index (χ3n) is 3.73. The Balaban J connectivity index is 1.55. The van der Waals surface area contributed by atoms with E-state index in [0.717, 1.165) is 33.6 Å². The van der Waals surface area contributed by atoms with Gasteiger partial charge in [0, 0.05) is 41.9 Å². The number of rotatable bonds is 7. The first-order valence-corrected chi connectivity index (χ1v) is 10.1. The first kappa shape index (κ1) is 19.2. The van der Waals surface area contributed by atoms with Gasteiger partial charge >= 0.3 is 0 Å². The molecule has 0 radical (unpaired) electrons. The fourth-order valence-electron chi connectivity index (χ4n) is 2.33. The standard InChI is InChI=1S/C21H18N2O2S2/c1-15(24)26-14-20(25)17-7-10-19(11-8-17)23-27-21-12-9-18(13-22-21)16-5-3-2-4-6-16/h2-13,23H,14H2,1H3. The first-order chi connectivity index (χ1) is 13.1. The van der Waals surface area contributed by atoms with Crippen LogP contribution in [-0.4, -0.2) is 21.6 Å². The van der Waals surface area contributed by atoms with Gasteiger partial charge in [0.05, 0.1) is 5.75 Å². The largest absolute Gasteiger partial charge is 0.324 e. The van der Waals surface area contributed by atoms with Crippen molar-refractivity contribution in [1.29, 1.82) is 0 Å². The fourth-order valence-corrected chi connectivity index (χ4v) is 3.43. The highest BCUT2D eigenvalue weighted by Gasteiger charge is 2.08. The zero-order valence-corrected chi connectivity index (χ0v) is 16.3. The van der Waals surface area contributed by atoms with E-state index in [1.165, 1.54) is 18.9 Å². The molecule has 0 aliphatic heterocycles. The molecule has 0 unspecified atom stereocenters. The summed E-state index contributed by atoms with van der Waals surface area (Å²) in [6.07, 6.45) is 1.85. The van der Waals surface area contributed by atoms with Crippen LogP contribution in [0.2, 0.25) is 0 Å². The molecule has 0 saturated carbocycles. The summed E-state index contributed by atoms with van der Waals surface area (Å²) in [6.45, 7) is 1.46. The molecular weight excluding hydrogens is 376 g/mol. The summed E-state index contributed by atoms with van der Waals surface area (Å²) < 4.78 is 3.22. The lowest BCUT2D eigenvalue weighted by atomic mass is 10.1. The normalized spacial score (nSPS) is 10.4. The Morgan fingerprint density at radius 1 is 0.926 bits per heavy atom. The second-order valence-electron chi connectivity index (χ2n) is 5.74. The highest BCUT2D eigenvalue weighted by Crippen LogP contribution is 2.23. The topological polar surface area (TPSA) is 59.1 Å². The summed E-state index contributed by atoms with van der Waals surface area (Å²) in [5, 5.41) is 0.802. The summed E-state index contributed by atoms with van der Waals surface area (Å²) in [5.41, 5.74) is 3.69. The number of hydrogen-bond acceptors (Lipinski definition) is 6. The maximum absolute atomic E-state index is 12.0. The minimum Gasteiger partial charge on any atom is -0.324 e. The lowest BCUT2D eigenvalue weighted by Gasteiger charge is -2.07. The number of nitrogens with one attached hydrogen (secondary N) is 1. The average Bonchev–Trinajstić information content (AvgIpc) is 2.72. The quantitative estimate of drug-likeness (QED) is 0.432. The second kappa shape index (κ2) is 9.39. The number of nitrogens with zero attached hydrogens (tertiary/aromatic N) is 1. The average molecular weight is 395 g/mol. The van der Waals surface area contributed by atoms with Gasteiger partial charge in [-0.05, 0) is 35.9 Å². The molecule has 27 heavy (non-hydrogen) atoms. The van der Waals surface area contributed by atoms with Gasteiger partial charge in [0.15, 0.2) is 10.9 Å². The molecule has 3 rings (SSSR count). The van der Waals surface area contributed by atoms with Gasteiger partial charge in [-0.2, -0.15) is 0 Å². The molecular formula is C21H18N2O2S2. The summed E-state index contributed by atoms with van der Waals surface area (Å²) in [6, 6.07) is 21.3. The second-order valence-corrected chi connectivity index (χ2v) is 7.71. The van der Waals surface area contributed by atoms with Crippen LogP contribution < -0.4 is 4.72 Å². The molecule has 6 heteroatoms. The monoisotopic (exact) mass is 394 g/mol. The number of anilines is 1. The van der Waals surface area contributed by atoms with Crippen LogP contribution in [0.15, 0.2) is 78.0 Å². The number of carbonyl (C=O) groups is 2. The van der Waals surface area contributed by atoms with Crippen molar-refractivity contribution in [3.8, 4) is 11.1 Å². The van der Waals surface area contributed by atoms with E-state index in [2.05, 4.69) is 21.8 Å². The zero-order chi connectivity index (χ0) is 19.1. The molecule has 1 N–H and O–H groups in total. The molecule has 0 saturated heterocycles. The molecule has 0 aliphatic rings. The van der Waals surface area contributed by atoms with E-state index in [0.29, 0.717) is 5.56 Å². The molecule has 1 aromatic heterocycles. The van der Waals surface area contributed by atoms with Crippen molar-refractivity contribution in [3.63, 3.8) is 0 Å². The van der Waals surface area contributed by atoms with Crippen molar-refractivity contribution in [2.75, 3.05) is 10.5 Å². The number of Topliss-reactive ketones (excluding diaryl/α,β-unsaturated/α-hetero) is 1. The van der Waals surface area contributed by atoms with Crippen LogP contribution in [0.25, 0.3) is 11.1 Å². The predicted octanol–water partition coefficient (Wildman–Crippen LogP) is 5.33. The summed E-state index contributed by atoms with van der Waals surface area (Å²) in [4.78, 5) is 27.4. The Hall–Kier alpha value is -2.57. The SMILES string of the molecule is CC(=O)SCC(=O)c1ccc(NSc2ccc(-c3ccccc3)cn2)cc1. The maximum atomic E-state index is 12.0. The third kappa shape index (κ3) is 5.70. The number of pyridine rings is 1. The molecule has 2 aromatic carbocycles. The van der Waals surface area contributed by atoms with E-state index in [9.17, 15) is 9.59 Å². The number of hydrogen-bond donors (Lipinski definition) is 1. The van der Waals surface area contributed by atoms with E-state index in [-0.39, 0.29) is 16.7 Å². The van der Waals surface area contributed by atoms with Gasteiger partial charge in [0.2, 0.25) is 0 Å². The van der Waals surface area contributed by atoms with Gasteiger partial charge in [-0.15, -0.1) is 0 Å². The number of benzene rings is 2. The number of carbonyl (C=O) groups excluding carboxylic acids is 2. The van der Waals surface area contributed by atoms with Gasteiger partial charge in [0.1, 0.15) is 5.03 Å². The van der Waals surface area contributed by atoms with Crippen molar-refractivity contribution in [2.45, 2.75) is 11.9 Å². The van der Waals surface area contributed by atoms with Gasteiger partial charge in [-0.25, -0.2) is 4.98 Å². The van der Waals surface area contributed by atoms with E-state index in [1.807, 2.05) is 48.7 Å². The minimum absolute atomic E-state index is 0.0485. The Labute approximate surface area is 166 Å². The number of aromatic nitrogens is 1. The smallest absolute Gasteiger partial charge is 0.186 e. The molecule has 136 valence electrons. The molecule has 0 spiro atoms. The maximum Gasteiger partial charge on any atom is 0.186 e. The Kier molecular flexibility index (Phi) is 6.68. The predicted molar refractivity (Wildman–Crippen MR) is 113 cm³/mol. The molecule has 0 amide bonds. The van der Waals surface area contributed by atoms with Gasteiger partial charge in [0.25, 0.3) is 0 Å². The van der Waals surface area contributed by atoms with Crippen molar-refractivity contribution in [3.05, 3.63) is 78.5 Å². The van der Waals surface area contributed by atoms with Gasteiger partial charge in [-0.3, -0.25) is 9.59 Å². The van der Waals surface area contributed by atoms with Crippen LogP contribution >= 0.6 is 23.7 Å². The lowest BCUT2D eigenvalue weighted by molar-refractivity contribution is -0.109. The molecule has 0 atom stereocenters. The van der Waals surface area contributed by atoms with Crippen molar-refractivity contribution in [2.24, 2.45) is 0 Å². The summed E-state index contributed by atoms with van der Waals surface area (Å²) in [7, 11) is 0. The van der Waals surface area contributed by atoms with E-state index in [1.54, 1.807) is 12.1 Å². The van der Waals surface area contributed by atoms with Crippen molar-refractivity contribution < 1.29 is 9.59 Å². The van der Waals surface area contributed by atoms with E-state index in [4.69, 9.17) is 0 Å². The lowest BCUT2D eigenvalue weighted by Crippen LogP contribution is -2.03. The highest BCUT2D eigenvalue weighted by molar-refractivity contribution is 8.14. The van der Waals surface area contributed by atoms with Crippen LogP contribution in [-0.2, 0) is 4.79 Å². The highest BCUT2D eigenvalue weighted by atomic mass is 32.2. The Bertz CT molecular complexity index is 911. The summed E-state index contributed by atoms with van der Waals surface area (Å²) in [5.74, 6) is 0.127. The molecule has 0 fully saturated rings. The van der Waals surface area contributed by atoms with Crippen LogP contribution in [0.4, 0.5) is 5.69 Å². The van der Waals surface area contributed by atoms with Crippen LogP contribution in [0.1, 0.15) is 17.3 Å². The summed E-state index contributed by atoms with van der Waals surface area (Å²) >= 11 is 2.44. The van der Waals surface area contributed by atoms with Crippen LogP contribution in [0, 0.1) is 0 Å². The minimum atomic E-state index is -0.0520. The fraction of sp³-hybridized carbons (Fsp3) is 0.0952. The number of ketones is 1. The molecule has 1 heterocycles. The molecule has 0 aliphatic carbocycles. The van der Waals surface area contributed by atoms with E-state index < -0.39 is 0 Å². The van der Waals surface area contributed by atoms with Crippen LogP contribution in [0.5, 0.6) is 0 Å². The van der Waals surface area contributed by atoms with E-state index >= 15 is 0 Å². The Morgan fingerprint density at radius 3 is 2.30 bits per heavy atom. The molecule has 3 aromatic rings. The van der Waals surface area contributed by atoms with Gasteiger partial charge < -0.3 is 4.72 Å².